The summed E-state index contributed by atoms with van der Waals surface area (Å²) in [5.74, 6) is -0.0939. The molecule has 0 fully saturated rings. The number of hydrogen-bond donors (Lipinski definition) is 2. The number of carbonyl (C=O) groups excluding carboxylic acids is 1. The van der Waals surface area contributed by atoms with Crippen LogP contribution < -0.4 is 10.6 Å². The average Bonchev–Trinajstić information content (AvgIpc) is 2.64. The van der Waals surface area contributed by atoms with Crippen molar-refractivity contribution < 1.29 is 4.79 Å². The Kier molecular flexibility index (Phi) is 5.42. The number of nitrogens with one attached hydrogen (secondary N) is 2. The van der Waals surface area contributed by atoms with Crippen LogP contribution in [0.3, 0.4) is 0 Å². The van der Waals surface area contributed by atoms with E-state index in [1.54, 1.807) is 30.6 Å². The van der Waals surface area contributed by atoms with Crippen LogP contribution in [0, 0.1) is 0 Å². The number of anilines is 2. The molecule has 3 aromatic rings. The number of aromatic nitrogens is 3. The summed E-state index contributed by atoms with van der Waals surface area (Å²) in [7, 11) is 0. The molecule has 2 heterocycles. The third kappa shape index (κ3) is 4.43. The van der Waals surface area contributed by atoms with Crippen molar-refractivity contribution >= 4 is 40.7 Å². The van der Waals surface area contributed by atoms with Gasteiger partial charge in [-0.1, -0.05) is 35.3 Å². The first-order chi connectivity index (χ1) is 12.1. The van der Waals surface area contributed by atoms with Crippen molar-refractivity contribution in [3.8, 4) is 0 Å². The highest BCUT2D eigenvalue weighted by Gasteiger charge is 2.11. The molecule has 0 aliphatic rings. The average molecular weight is 374 g/mol. The molecule has 0 bridgehead atoms. The van der Waals surface area contributed by atoms with Gasteiger partial charge in [-0.05, 0) is 29.8 Å². The Bertz CT molecular complexity index is 869. The summed E-state index contributed by atoms with van der Waals surface area (Å²) in [6.45, 7) is 0.357. The molecule has 0 spiro atoms. The van der Waals surface area contributed by atoms with Crippen LogP contribution in [0.25, 0.3) is 0 Å². The summed E-state index contributed by atoms with van der Waals surface area (Å²) in [6.07, 6.45) is 4.85. The van der Waals surface area contributed by atoms with Gasteiger partial charge in [0.1, 0.15) is 5.69 Å². The number of pyridine rings is 1. The van der Waals surface area contributed by atoms with E-state index in [1.807, 2.05) is 12.1 Å². The molecule has 3 rings (SSSR count). The van der Waals surface area contributed by atoms with E-state index in [0.29, 0.717) is 22.3 Å². The Hall–Kier alpha value is -2.70. The molecule has 1 aromatic carbocycles. The maximum Gasteiger partial charge on any atom is 0.270 e. The van der Waals surface area contributed by atoms with Gasteiger partial charge in [-0.15, -0.1) is 0 Å². The van der Waals surface area contributed by atoms with Gasteiger partial charge in [-0.3, -0.25) is 9.78 Å². The summed E-state index contributed by atoms with van der Waals surface area (Å²) in [5, 5.41) is 6.58. The minimum Gasteiger partial charge on any atom is -0.347 e. The smallest absolute Gasteiger partial charge is 0.270 e. The maximum absolute atomic E-state index is 12.3. The topological polar surface area (TPSA) is 79.8 Å². The number of carbonyl (C=O) groups is 1. The van der Waals surface area contributed by atoms with Crippen LogP contribution in [0.2, 0.25) is 10.0 Å². The highest BCUT2D eigenvalue weighted by atomic mass is 35.5. The van der Waals surface area contributed by atoms with E-state index in [1.165, 1.54) is 12.3 Å². The molecule has 0 aliphatic carbocycles. The van der Waals surface area contributed by atoms with Crippen molar-refractivity contribution in [3.63, 3.8) is 0 Å². The molecular formula is C17H13Cl2N5O. The van der Waals surface area contributed by atoms with Crippen LogP contribution in [0.1, 0.15) is 16.1 Å². The van der Waals surface area contributed by atoms with Crippen molar-refractivity contribution in [1.82, 2.24) is 20.3 Å². The quantitative estimate of drug-likeness (QED) is 0.709. The lowest BCUT2D eigenvalue weighted by molar-refractivity contribution is 0.0946. The van der Waals surface area contributed by atoms with E-state index in [-0.39, 0.29) is 17.5 Å². The molecule has 8 heteroatoms. The maximum atomic E-state index is 12.3. The third-order valence-corrected chi connectivity index (χ3v) is 3.89. The van der Waals surface area contributed by atoms with E-state index < -0.39 is 0 Å². The Balaban J connectivity index is 1.72. The molecular weight excluding hydrogens is 361 g/mol. The van der Waals surface area contributed by atoms with E-state index in [4.69, 9.17) is 23.2 Å². The largest absolute Gasteiger partial charge is 0.347 e. The third-order valence-electron chi connectivity index (χ3n) is 3.26. The minimum atomic E-state index is -0.320. The molecule has 126 valence electrons. The summed E-state index contributed by atoms with van der Waals surface area (Å²) in [6, 6.07) is 10.3. The zero-order valence-electron chi connectivity index (χ0n) is 12.9. The van der Waals surface area contributed by atoms with Gasteiger partial charge >= 0.3 is 0 Å². The van der Waals surface area contributed by atoms with Crippen molar-refractivity contribution in [1.29, 1.82) is 0 Å². The molecule has 2 N–H and O–H groups in total. The zero-order valence-corrected chi connectivity index (χ0v) is 14.4. The van der Waals surface area contributed by atoms with Crippen molar-refractivity contribution in [2.45, 2.75) is 6.54 Å². The van der Waals surface area contributed by atoms with Crippen LogP contribution in [0.4, 0.5) is 11.6 Å². The second kappa shape index (κ2) is 7.92. The molecule has 0 saturated carbocycles. The van der Waals surface area contributed by atoms with Crippen molar-refractivity contribution in [3.05, 3.63) is 76.3 Å². The fourth-order valence-corrected chi connectivity index (χ4v) is 2.54. The van der Waals surface area contributed by atoms with Crippen LogP contribution in [-0.2, 0) is 6.54 Å². The highest BCUT2D eigenvalue weighted by molar-refractivity contribution is 6.39. The zero-order chi connectivity index (χ0) is 17.6. The molecule has 0 aliphatic heterocycles. The first-order valence-electron chi connectivity index (χ1n) is 7.34. The van der Waals surface area contributed by atoms with Crippen LogP contribution in [0.15, 0.2) is 55.0 Å². The van der Waals surface area contributed by atoms with Gasteiger partial charge in [0.2, 0.25) is 5.95 Å². The van der Waals surface area contributed by atoms with Crippen LogP contribution in [-0.4, -0.2) is 20.9 Å². The Morgan fingerprint density at radius 1 is 1.04 bits per heavy atom. The number of hydrogen-bond acceptors (Lipinski definition) is 5. The fraction of sp³-hybridized carbons (Fsp3) is 0.0588. The van der Waals surface area contributed by atoms with Gasteiger partial charge in [0.15, 0.2) is 0 Å². The normalized spacial score (nSPS) is 10.3. The molecule has 6 nitrogen and oxygen atoms in total. The van der Waals surface area contributed by atoms with Crippen molar-refractivity contribution in [2.24, 2.45) is 0 Å². The standard InChI is InChI=1S/C17H13Cl2N5O/c18-12-4-1-5-13(19)15(12)24-17-21-8-6-14(23-17)16(25)22-10-11-3-2-7-20-9-11/h1-9H,10H2,(H,22,25)(H,21,23,24). The van der Waals surface area contributed by atoms with Crippen LogP contribution in [0.5, 0.6) is 0 Å². The number of nitrogens with zero attached hydrogens (tertiary/aromatic N) is 3. The minimum absolute atomic E-state index is 0.226. The summed E-state index contributed by atoms with van der Waals surface area (Å²) in [4.78, 5) is 24.5. The van der Waals surface area contributed by atoms with Crippen molar-refractivity contribution in [2.75, 3.05) is 5.32 Å². The van der Waals surface area contributed by atoms with Gasteiger partial charge in [0.05, 0.1) is 15.7 Å². The van der Waals surface area contributed by atoms with Gasteiger partial charge < -0.3 is 10.6 Å². The number of halogens is 2. The molecule has 0 radical (unpaired) electrons. The van der Waals surface area contributed by atoms with E-state index in [0.717, 1.165) is 5.56 Å². The van der Waals surface area contributed by atoms with Gasteiger partial charge in [0.25, 0.3) is 5.91 Å². The molecule has 0 atom stereocenters. The molecule has 0 saturated heterocycles. The lowest BCUT2D eigenvalue weighted by atomic mass is 10.3. The SMILES string of the molecule is O=C(NCc1cccnc1)c1ccnc(Nc2c(Cl)cccc2Cl)n1. The van der Waals surface area contributed by atoms with E-state index in [9.17, 15) is 4.79 Å². The number of para-hydroxylation sites is 1. The molecule has 1 amide bonds. The number of amides is 1. The summed E-state index contributed by atoms with van der Waals surface area (Å²) < 4.78 is 0. The van der Waals surface area contributed by atoms with Gasteiger partial charge in [0, 0.05) is 25.1 Å². The Morgan fingerprint density at radius 3 is 2.56 bits per heavy atom. The lowest BCUT2D eigenvalue weighted by Gasteiger charge is -2.10. The van der Waals surface area contributed by atoms with E-state index >= 15 is 0 Å². The van der Waals surface area contributed by atoms with Gasteiger partial charge in [-0.25, -0.2) is 9.97 Å². The van der Waals surface area contributed by atoms with E-state index in [2.05, 4.69) is 25.6 Å². The monoisotopic (exact) mass is 373 g/mol. The number of benzene rings is 1. The summed E-state index contributed by atoms with van der Waals surface area (Å²) >= 11 is 12.2. The first kappa shape index (κ1) is 17.1. The molecule has 25 heavy (non-hydrogen) atoms. The molecule has 2 aromatic heterocycles. The first-order valence-corrected chi connectivity index (χ1v) is 8.10. The Morgan fingerprint density at radius 2 is 1.84 bits per heavy atom. The lowest BCUT2D eigenvalue weighted by Crippen LogP contribution is -2.24. The van der Waals surface area contributed by atoms with Gasteiger partial charge in [-0.2, -0.15) is 0 Å². The number of rotatable bonds is 5. The fourth-order valence-electron chi connectivity index (χ4n) is 2.05. The summed E-state index contributed by atoms with van der Waals surface area (Å²) in [5.41, 5.74) is 1.61. The predicted molar refractivity (Wildman–Crippen MR) is 97.2 cm³/mol. The predicted octanol–water partition coefficient (Wildman–Crippen LogP) is 3.85. The Labute approximate surface area is 154 Å². The second-order valence-corrected chi connectivity index (χ2v) is 5.85. The second-order valence-electron chi connectivity index (χ2n) is 5.03. The highest BCUT2D eigenvalue weighted by Crippen LogP contribution is 2.31. The van der Waals surface area contributed by atoms with Crippen LogP contribution >= 0.6 is 23.2 Å². The molecule has 0 unspecified atom stereocenters.